The minimum atomic E-state index is 0.261. The zero-order valence-corrected chi connectivity index (χ0v) is 10.2. The molecule has 1 aromatic carbocycles. The van der Waals surface area contributed by atoms with Gasteiger partial charge in [-0.25, -0.2) is 0 Å². The molecule has 0 bridgehead atoms. The summed E-state index contributed by atoms with van der Waals surface area (Å²) in [4.78, 5) is 16.8. The second-order valence-electron chi connectivity index (χ2n) is 5.71. The molecule has 2 atom stereocenters. The molecular weight excluding hydrogens is 222 g/mol. The number of rotatable bonds is 2. The Labute approximate surface area is 106 Å². The Morgan fingerprint density at radius 2 is 1.89 bits per heavy atom. The lowest BCUT2D eigenvalue weighted by Crippen LogP contribution is -2.13. The Balaban J connectivity index is 1.67. The maximum absolute atomic E-state index is 12.4. The van der Waals surface area contributed by atoms with Gasteiger partial charge in [-0.15, -0.1) is 0 Å². The van der Waals surface area contributed by atoms with Crippen molar-refractivity contribution in [2.45, 2.75) is 19.3 Å². The van der Waals surface area contributed by atoms with Crippen molar-refractivity contribution in [1.82, 2.24) is 4.98 Å². The predicted octanol–water partition coefficient (Wildman–Crippen LogP) is 3.46. The molecule has 0 saturated heterocycles. The van der Waals surface area contributed by atoms with E-state index in [0.29, 0.717) is 5.78 Å². The van der Waals surface area contributed by atoms with Gasteiger partial charge in [0.05, 0.1) is 5.52 Å². The number of nitrogens with zero attached hydrogens (tertiary/aromatic N) is 1. The van der Waals surface area contributed by atoms with Crippen LogP contribution in [0.5, 0.6) is 0 Å². The van der Waals surface area contributed by atoms with Crippen LogP contribution < -0.4 is 0 Å². The molecule has 2 aliphatic carbocycles. The number of benzene rings is 1. The van der Waals surface area contributed by atoms with E-state index in [0.717, 1.165) is 41.1 Å². The van der Waals surface area contributed by atoms with Crippen LogP contribution in [-0.4, -0.2) is 10.8 Å². The first-order valence-electron chi connectivity index (χ1n) is 6.70. The van der Waals surface area contributed by atoms with Gasteiger partial charge in [0.25, 0.3) is 0 Å². The Hall–Kier alpha value is -1.70. The predicted molar refractivity (Wildman–Crippen MR) is 70.4 cm³/mol. The van der Waals surface area contributed by atoms with Gasteiger partial charge in [-0.05, 0) is 43.2 Å². The van der Waals surface area contributed by atoms with Gasteiger partial charge in [-0.1, -0.05) is 18.2 Å². The van der Waals surface area contributed by atoms with Crippen molar-refractivity contribution in [2.24, 2.45) is 17.8 Å². The summed E-state index contributed by atoms with van der Waals surface area (Å²) in [6, 6.07) is 9.96. The van der Waals surface area contributed by atoms with Crippen molar-refractivity contribution < 1.29 is 4.79 Å². The van der Waals surface area contributed by atoms with E-state index in [2.05, 4.69) is 4.98 Å². The number of fused-ring (bicyclic) bond motifs is 2. The monoisotopic (exact) mass is 237 g/mol. The number of pyridine rings is 1. The quantitative estimate of drug-likeness (QED) is 0.749. The molecule has 2 nitrogen and oxygen atoms in total. The highest BCUT2D eigenvalue weighted by Crippen LogP contribution is 2.54. The molecule has 90 valence electrons. The van der Waals surface area contributed by atoms with E-state index >= 15 is 0 Å². The minimum Gasteiger partial charge on any atom is -0.294 e. The zero-order valence-electron chi connectivity index (χ0n) is 10.2. The lowest BCUT2D eigenvalue weighted by molar-refractivity contribution is 0.0914. The smallest absolute Gasteiger partial charge is 0.167 e. The molecule has 2 heteroatoms. The molecule has 2 aliphatic rings. The molecular formula is C16H15NO. The lowest BCUT2D eigenvalue weighted by Gasteiger charge is -2.10. The summed E-state index contributed by atoms with van der Waals surface area (Å²) in [6.45, 7) is 0. The molecule has 0 spiro atoms. The molecule has 1 heterocycles. The Kier molecular flexibility index (Phi) is 2.07. The molecule has 18 heavy (non-hydrogen) atoms. The highest BCUT2D eigenvalue weighted by molar-refractivity contribution is 6.00. The maximum atomic E-state index is 12.4. The largest absolute Gasteiger partial charge is 0.294 e. The minimum absolute atomic E-state index is 0.261. The van der Waals surface area contributed by atoms with Gasteiger partial charge in [0.2, 0.25) is 0 Å². The van der Waals surface area contributed by atoms with Crippen molar-refractivity contribution >= 4 is 16.7 Å². The second-order valence-corrected chi connectivity index (χ2v) is 5.71. The number of hydrogen-bond acceptors (Lipinski definition) is 2. The summed E-state index contributed by atoms with van der Waals surface area (Å²) < 4.78 is 0. The third-order valence-corrected chi connectivity index (χ3v) is 4.49. The maximum Gasteiger partial charge on any atom is 0.167 e. The van der Waals surface area contributed by atoms with Gasteiger partial charge in [-0.3, -0.25) is 9.78 Å². The van der Waals surface area contributed by atoms with Crippen LogP contribution in [0.25, 0.3) is 10.9 Å². The van der Waals surface area contributed by atoms with Gasteiger partial charge in [-0.2, -0.15) is 0 Å². The average Bonchev–Trinajstić information content (AvgIpc) is 3.04. The first kappa shape index (κ1) is 10.2. The van der Waals surface area contributed by atoms with E-state index in [1.807, 2.05) is 30.3 Å². The lowest BCUT2D eigenvalue weighted by atomic mass is 9.93. The van der Waals surface area contributed by atoms with Crippen LogP contribution in [0.2, 0.25) is 0 Å². The Morgan fingerprint density at radius 1 is 1.11 bits per heavy atom. The molecule has 2 fully saturated rings. The summed E-state index contributed by atoms with van der Waals surface area (Å²) >= 11 is 0. The van der Waals surface area contributed by atoms with E-state index < -0.39 is 0 Å². The van der Waals surface area contributed by atoms with Crippen molar-refractivity contribution in [1.29, 1.82) is 0 Å². The van der Waals surface area contributed by atoms with Crippen LogP contribution in [-0.2, 0) is 0 Å². The standard InChI is InChI=1S/C16H15NO/c18-16(13-7-11-6-12(11)8-13)14-5-10-3-1-2-4-15(10)17-9-14/h1-5,9,11-13H,6-8H2. The first-order chi connectivity index (χ1) is 8.81. The van der Waals surface area contributed by atoms with Gasteiger partial charge in [0, 0.05) is 23.1 Å². The highest BCUT2D eigenvalue weighted by atomic mass is 16.1. The van der Waals surface area contributed by atoms with Crippen LogP contribution in [0.4, 0.5) is 0 Å². The van der Waals surface area contributed by atoms with E-state index in [1.165, 1.54) is 6.42 Å². The number of carbonyl (C=O) groups is 1. The number of ketones is 1. The van der Waals surface area contributed by atoms with Crippen LogP contribution in [0.15, 0.2) is 36.5 Å². The van der Waals surface area contributed by atoms with E-state index in [9.17, 15) is 4.79 Å². The first-order valence-corrected chi connectivity index (χ1v) is 6.70. The summed E-state index contributed by atoms with van der Waals surface area (Å²) in [5.74, 6) is 2.27. The fourth-order valence-corrected chi connectivity index (χ4v) is 3.37. The van der Waals surface area contributed by atoms with Gasteiger partial charge < -0.3 is 0 Å². The molecule has 2 unspecified atom stereocenters. The summed E-state index contributed by atoms with van der Waals surface area (Å²) in [6.07, 6.45) is 5.32. The van der Waals surface area contributed by atoms with Crippen LogP contribution in [0.3, 0.4) is 0 Å². The molecule has 0 N–H and O–H groups in total. The second kappa shape index (κ2) is 3.64. The third kappa shape index (κ3) is 1.56. The Morgan fingerprint density at radius 3 is 2.72 bits per heavy atom. The summed E-state index contributed by atoms with van der Waals surface area (Å²) in [5.41, 5.74) is 1.75. The number of carbonyl (C=O) groups excluding carboxylic acids is 1. The topological polar surface area (TPSA) is 30.0 Å². The third-order valence-electron chi connectivity index (χ3n) is 4.49. The molecule has 2 aromatic rings. The van der Waals surface area contributed by atoms with Crippen molar-refractivity contribution in [3.8, 4) is 0 Å². The fraction of sp³-hybridized carbons (Fsp3) is 0.375. The van der Waals surface area contributed by atoms with Crippen LogP contribution in [0.1, 0.15) is 29.6 Å². The average molecular weight is 237 g/mol. The van der Waals surface area contributed by atoms with E-state index in [1.54, 1.807) is 6.20 Å². The van der Waals surface area contributed by atoms with Crippen molar-refractivity contribution in [3.05, 3.63) is 42.1 Å². The van der Waals surface area contributed by atoms with Gasteiger partial charge >= 0.3 is 0 Å². The molecule has 0 aliphatic heterocycles. The summed E-state index contributed by atoms with van der Waals surface area (Å²) in [7, 11) is 0. The van der Waals surface area contributed by atoms with E-state index in [-0.39, 0.29) is 5.92 Å². The number of para-hydroxylation sites is 1. The normalized spacial score (nSPS) is 29.2. The van der Waals surface area contributed by atoms with Gasteiger partial charge in [0.15, 0.2) is 5.78 Å². The zero-order chi connectivity index (χ0) is 12.1. The molecule has 0 radical (unpaired) electrons. The highest BCUT2D eigenvalue weighted by Gasteiger charge is 2.47. The van der Waals surface area contributed by atoms with Crippen molar-refractivity contribution in [2.75, 3.05) is 0 Å². The van der Waals surface area contributed by atoms with Crippen LogP contribution >= 0.6 is 0 Å². The number of aromatic nitrogens is 1. The molecule has 0 amide bonds. The van der Waals surface area contributed by atoms with Crippen molar-refractivity contribution in [3.63, 3.8) is 0 Å². The summed E-state index contributed by atoms with van der Waals surface area (Å²) in [5, 5.41) is 1.06. The fourth-order valence-electron chi connectivity index (χ4n) is 3.37. The molecule has 2 saturated carbocycles. The number of hydrogen-bond donors (Lipinski definition) is 0. The Bertz CT molecular complexity index is 624. The van der Waals surface area contributed by atoms with E-state index in [4.69, 9.17) is 0 Å². The molecule has 1 aromatic heterocycles. The number of Topliss-reactive ketones (excluding diaryl/α,β-unsaturated/α-hetero) is 1. The molecule has 4 rings (SSSR count). The van der Waals surface area contributed by atoms with Crippen LogP contribution in [0, 0.1) is 17.8 Å². The van der Waals surface area contributed by atoms with Gasteiger partial charge in [0.1, 0.15) is 0 Å². The SMILES string of the molecule is O=C(c1cnc2ccccc2c1)C1CC2CC2C1.